The molecule has 6 heteroatoms. The molecule has 0 bridgehead atoms. The summed E-state index contributed by atoms with van der Waals surface area (Å²) in [5.41, 5.74) is 3.35. The van der Waals surface area contributed by atoms with E-state index < -0.39 is 0 Å². The molecule has 1 aliphatic heterocycles. The molecule has 138 valence electrons. The summed E-state index contributed by atoms with van der Waals surface area (Å²) in [5.74, 6) is 0.388. The van der Waals surface area contributed by atoms with Gasteiger partial charge in [-0.15, -0.1) is 0 Å². The molecule has 1 fully saturated rings. The number of carbonyl (C=O) groups excluding carboxylic acids is 1. The molecular weight excluding hydrogens is 328 g/mol. The van der Waals surface area contributed by atoms with Crippen molar-refractivity contribution < 1.29 is 9.53 Å². The van der Waals surface area contributed by atoms with Gasteiger partial charge in [-0.1, -0.05) is 12.1 Å². The third-order valence-electron chi connectivity index (χ3n) is 4.47. The van der Waals surface area contributed by atoms with Crippen molar-refractivity contribution in [3.63, 3.8) is 0 Å². The van der Waals surface area contributed by atoms with E-state index >= 15 is 0 Å². The molecule has 6 nitrogen and oxygen atoms in total. The lowest BCUT2D eigenvalue weighted by Gasteiger charge is -2.25. The average molecular weight is 354 g/mol. The predicted octanol–water partition coefficient (Wildman–Crippen LogP) is 2.10. The van der Waals surface area contributed by atoms with Crippen LogP contribution in [0.15, 0.2) is 36.4 Å². The molecule has 1 aromatic heterocycles. The average Bonchev–Trinajstić information content (AvgIpc) is 2.87. The van der Waals surface area contributed by atoms with Crippen LogP contribution in [0.2, 0.25) is 0 Å². The summed E-state index contributed by atoms with van der Waals surface area (Å²) < 4.78 is 5.68. The van der Waals surface area contributed by atoms with Gasteiger partial charge < -0.3 is 14.5 Å². The Morgan fingerprint density at radius 1 is 1.19 bits per heavy atom. The molecule has 1 amide bonds. The zero-order valence-corrected chi connectivity index (χ0v) is 15.7. The third-order valence-corrected chi connectivity index (χ3v) is 4.47. The fourth-order valence-electron chi connectivity index (χ4n) is 3.21. The number of aromatic nitrogens is 2. The van der Waals surface area contributed by atoms with Crippen molar-refractivity contribution in [2.75, 3.05) is 46.9 Å². The zero-order valence-electron chi connectivity index (χ0n) is 15.7. The van der Waals surface area contributed by atoms with Crippen molar-refractivity contribution in [1.82, 2.24) is 20.0 Å². The summed E-state index contributed by atoms with van der Waals surface area (Å²) in [6, 6.07) is 11.5. The van der Waals surface area contributed by atoms with Gasteiger partial charge in [0.15, 0.2) is 0 Å². The lowest BCUT2D eigenvalue weighted by Crippen LogP contribution is -2.38. The molecule has 1 atom stereocenters. The summed E-state index contributed by atoms with van der Waals surface area (Å²) in [7, 11) is 4.09. The largest absolute Gasteiger partial charge is 0.379 e. The first-order valence-electron chi connectivity index (χ1n) is 8.95. The van der Waals surface area contributed by atoms with Crippen LogP contribution in [-0.4, -0.2) is 72.8 Å². The Morgan fingerprint density at radius 2 is 1.96 bits per heavy atom. The molecule has 0 saturated carbocycles. The maximum atomic E-state index is 12.9. The Labute approximate surface area is 154 Å². The summed E-state index contributed by atoms with van der Waals surface area (Å²) in [6.07, 6.45) is 0. The number of benzene rings is 1. The number of carbonyl (C=O) groups is 1. The van der Waals surface area contributed by atoms with Crippen LogP contribution in [-0.2, 0) is 4.74 Å². The highest BCUT2D eigenvalue weighted by molar-refractivity contribution is 5.94. The molecule has 1 aliphatic rings. The van der Waals surface area contributed by atoms with Crippen molar-refractivity contribution in [3.05, 3.63) is 47.7 Å². The molecule has 26 heavy (non-hydrogen) atoms. The number of aryl methyl sites for hydroxylation is 1. The van der Waals surface area contributed by atoms with Crippen molar-refractivity contribution in [1.29, 1.82) is 0 Å². The van der Waals surface area contributed by atoms with E-state index in [2.05, 4.69) is 15.1 Å². The van der Waals surface area contributed by atoms with E-state index in [9.17, 15) is 4.79 Å². The SMILES string of the molecule is Cc1ccc(-c2ccc(C(=O)N3CCOC[C@@H](CN(C)C)C3)cc2)nn1. The molecule has 1 saturated heterocycles. The first kappa shape index (κ1) is 18.5. The van der Waals surface area contributed by atoms with Crippen molar-refractivity contribution in [3.8, 4) is 11.3 Å². The second-order valence-electron chi connectivity index (χ2n) is 7.09. The summed E-state index contributed by atoms with van der Waals surface area (Å²) in [5, 5.41) is 8.28. The number of amides is 1. The number of rotatable bonds is 4. The van der Waals surface area contributed by atoms with E-state index in [1.807, 2.05) is 62.3 Å². The molecule has 0 unspecified atom stereocenters. The van der Waals surface area contributed by atoms with Crippen LogP contribution in [0.3, 0.4) is 0 Å². The number of ether oxygens (including phenoxy) is 1. The van der Waals surface area contributed by atoms with Crippen molar-refractivity contribution >= 4 is 5.91 Å². The van der Waals surface area contributed by atoms with Gasteiger partial charge in [0.25, 0.3) is 5.91 Å². The lowest BCUT2D eigenvalue weighted by atomic mass is 10.1. The van der Waals surface area contributed by atoms with Crippen LogP contribution in [0.5, 0.6) is 0 Å². The Balaban J connectivity index is 1.71. The molecule has 0 spiro atoms. The maximum absolute atomic E-state index is 12.9. The number of hydrogen-bond acceptors (Lipinski definition) is 5. The monoisotopic (exact) mass is 354 g/mol. The minimum absolute atomic E-state index is 0.0563. The lowest BCUT2D eigenvalue weighted by molar-refractivity contribution is 0.0735. The zero-order chi connectivity index (χ0) is 18.5. The first-order chi connectivity index (χ1) is 12.5. The third kappa shape index (κ3) is 4.65. The van der Waals surface area contributed by atoms with Gasteiger partial charge in [0.2, 0.25) is 0 Å². The Morgan fingerprint density at radius 3 is 2.62 bits per heavy atom. The van der Waals surface area contributed by atoms with Gasteiger partial charge in [-0.3, -0.25) is 4.79 Å². The quantitative estimate of drug-likeness (QED) is 0.842. The van der Waals surface area contributed by atoms with Gasteiger partial charge in [0.1, 0.15) is 0 Å². The molecule has 1 aromatic carbocycles. The van der Waals surface area contributed by atoms with Crippen LogP contribution in [0.1, 0.15) is 16.1 Å². The van der Waals surface area contributed by atoms with Gasteiger partial charge >= 0.3 is 0 Å². The molecule has 0 radical (unpaired) electrons. The van der Waals surface area contributed by atoms with Crippen LogP contribution in [0.25, 0.3) is 11.3 Å². The highest BCUT2D eigenvalue weighted by Gasteiger charge is 2.23. The van der Waals surface area contributed by atoms with E-state index in [-0.39, 0.29) is 5.91 Å². The summed E-state index contributed by atoms with van der Waals surface area (Å²) in [6.45, 7) is 5.47. The van der Waals surface area contributed by atoms with E-state index in [0.717, 1.165) is 30.0 Å². The molecule has 0 N–H and O–H groups in total. The summed E-state index contributed by atoms with van der Waals surface area (Å²) in [4.78, 5) is 16.9. The van der Waals surface area contributed by atoms with Gasteiger partial charge in [-0.05, 0) is 45.3 Å². The minimum atomic E-state index is 0.0563. The minimum Gasteiger partial charge on any atom is -0.379 e. The number of hydrogen-bond donors (Lipinski definition) is 0. The van der Waals surface area contributed by atoms with Gasteiger partial charge in [0.05, 0.1) is 24.6 Å². The van der Waals surface area contributed by atoms with Crippen molar-refractivity contribution in [2.45, 2.75) is 6.92 Å². The van der Waals surface area contributed by atoms with Crippen LogP contribution in [0.4, 0.5) is 0 Å². The summed E-state index contributed by atoms with van der Waals surface area (Å²) >= 11 is 0. The topological polar surface area (TPSA) is 58.6 Å². The smallest absolute Gasteiger partial charge is 0.253 e. The highest BCUT2D eigenvalue weighted by Crippen LogP contribution is 2.19. The van der Waals surface area contributed by atoms with Gasteiger partial charge in [-0.25, -0.2) is 0 Å². The molecule has 2 aromatic rings. The van der Waals surface area contributed by atoms with E-state index in [0.29, 0.717) is 31.2 Å². The van der Waals surface area contributed by atoms with E-state index in [1.54, 1.807) is 0 Å². The van der Waals surface area contributed by atoms with Gasteiger partial charge in [0, 0.05) is 36.7 Å². The number of nitrogens with zero attached hydrogens (tertiary/aromatic N) is 4. The molecular formula is C20H26N4O2. The van der Waals surface area contributed by atoms with Crippen LogP contribution >= 0.6 is 0 Å². The van der Waals surface area contributed by atoms with Crippen LogP contribution in [0, 0.1) is 12.8 Å². The van der Waals surface area contributed by atoms with E-state index in [1.165, 1.54) is 0 Å². The molecule has 0 aliphatic carbocycles. The fraction of sp³-hybridized carbons (Fsp3) is 0.450. The van der Waals surface area contributed by atoms with Gasteiger partial charge in [-0.2, -0.15) is 10.2 Å². The standard InChI is InChI=1S/C20H26N4O2/c1-15-4-9-19(22-21-15)17-5-7-18(8-6-17)20(25)24-10-11-26-14-16(13-24)12-23(2)3/h4-9,16H,10-14H2,1-3H3/t16-/m0/s1. The molecule has 2 heterocycles. The predicted molar refractivity (Wildman–Crippen MR) is 101 cm³/mol. The van der Waals surface area contributed by atoms with Crippen LogP contribution < -0.4 is 0 Å². The Kier molecular flexibility index (Phi) is 5.96. The second kappa shape index (κ2) is 8.38. The molecule has 3 rings (SSSR count). The fourth-order valence-corrected chi connectivity index (χ4v) is 3.21. The Bertz CT molecular complexity index is 728. The highest BCUT2D eigenvalue weighted by atomic mass is 16.5. The normalized spacial score (nSPS) is 18.0. The van der Waals surface area contributed by atoms with E-state index in [4.69, 9.17) is 4.74 Å². The maximum Gasteiger partial charge on any atom is 0.253 e. The van der Waals surface area contributed by atoms with Crippen molar-refractivity contribution in [2.24, 2.45) is 5.92 Å². The second-order valence-corrected chi connectivity index (χ2v) is 7.09. The first-order valence-corrected chi connectivity index (χ1v) is 8.95. The Hall–Kier alpha value is -2.31.